The fourth-order valence-corrected chi connectivity index (χ4v) is 5.43. The van der Waals surface area contributed by atoms with E-state index < -0.39 is 0 Å². The molecule has 6 rings (SSSR count). The Morgan fingerprint density at radius 3 is 2.38 bits per heavy atom. The number of nitrogens with one attached hydrogen (secondary N) is 1. The number of halogens is 1. The van der Waals surface area contributed by atoms with Crippen molar-refractivity contribution in [3.05, 3.63) is 40.9 Å². The van der Waals surface area contributed by atoms with E-state index in [1.807, 2.05) is 6.92 Å². The standard InChI is InChI=1S/C20H19ClN2O3/c1-9-14(21)3-2-4-15(9)22-16(24)8-23-19(25)17-10-5-6-11(13-7-12(10)13)18(17)20(23)26/h2-6,10-13,17-18H,7-8H2,1H3,(H,22,24)/t10-,11-,12-,13-,17+,18+/m0/s1. The van der Waals surface area contributed by atoms with Gasteiger partial charge < -0.3 is 5.32 Å². The molecule has 1 heterocycles. The number of carbonyl (C=O) groups is 3. The Balaban J connectivity index is 1.34. The van der Waals surface area contributed by atoms with Gasteiger partial charge in [-0.05, 0) is 54.7 Å². The zero-order valence-electron chi connectivity index (χ0n) is 14.3. The first-order valence-corrected chi connectivity index (χ1v) is 9.43. The van der Waals surface area contributed by atoms with Gasteiger partial charge in [0.05, 0.1) is 11.8 Å². The maximum Gasteiger partial charge on any atom is 0.244 e. The number of hydrogen-bond donors (Lipinski definition) is 1. The van der Waals surface area contributed by atoms with Crippen molar-refractivity contribution in [2.75, 3.05) is 11.9 Å². The summed E-state index contributed by atoms with van der Waals surface area (Å²) < 4.78 is 0. The molecule has 5 nitrogen and oxygen atoms in total. The van der Waals surface area contributed by atoms with Gasteiger partial charge in [0.25, 0.3) is 0 Å². The SMILES string of the molecule is Cc1c(Cl)cccc1NC(=O)CN1C(=O)[C@@H]2[C@H]3C=C[C@@H]([C@@H]4C[C@@H]34)[C@H]2C1=O. The molecule has 4 aliphatic carbocycles. The number of nitrogens with zero attached hydrogens (tertiary/aromatic N) is 1. The second kappa shape index (κ2) is 5.43. The van der Waals surface area contributed by atoms with E-state index in [9.17, 15) is 14.4 Å². The monoisotopic (exact) mass is 370 g/mol. The first-order valence-electron chi connectivity index (χ1n) is 9.06. The van der Waals surface area contributed by atoms with Gasteiger partial charge in [-0.2, -0.15) is 0 Å². The molecule has 1 aromatic carbocycles. The van der Waals surface area contributed by atoms with Crippen LogP contribution in [0.15, 0.2) is 30.4 Å². The summed E-state index contributed by atoms with van der Waals surface area (Å²) in [6.07, 6.45) is 5.39. The van der Waals surface area contributed by atoms with Gasteiger partial charge in [0.15, 0.2) is 0 Å². The fourth-order valence-electron chi connectivity index (χ4n) is 5.25. The lowest BCUT2D eigenvalue weighted by Crippen LogP contribution is -2.40. The molecule has 26 heavy (non-hydrogen) atoms. The zero-order chi connectivity index (χ0) is 18.2. The maximum atomic E-state index is 12.9. The molecule has 1 aromatic rings. The Labute approximate surface area is 156 Å². The van der Waals surface area contributed by atoms with Gasteiger partial charge in [-0.15, -0.1) is 0 Å². The molecule has 6 atom stereocenters. The highest BCUT2D eigenvalue weighted by atomic mass is 35.5. The van der Waals surface area contributed by atoms with E-state index in [0.717, 1.165) is 12.0 Å². The summed E-state index contributed by atoms with van der Waals surface area (Å²) in [5, 5.41) is 3.33. The summed E-state index contributed by atoms with van der Waals surface area (Å²) in [6, 6.07) is 5.25. The normalized spacial score (nSPS) is 36.2. The molecule has 1 aliphatic heterocycles. The highest BCUT2D eigenvalue weighted by Gasteiger charge is 2.67. The van der Waals surface area contributed by atoms with Crippen molar-refractivity contribution in [3.8, 4) is 0 Å². The second-order valence-electron chi connectivity index (χ2n) is 7.88. The maximum absolute atomic E-state index is 12.9. The van der Waals surface area contributed by atoms with Crippen molar-refractivity contribution in [2.24, 2.45) is 35.5 Å². The molecule has 3 amide bonds. The number of carbonyl (C=O) groups excluding carboxylic acids is 3. The van der Waals surface area contributed by atoms with Crippen LogP contribution in [0.3, 0.4) is 0 Å². The molecular weight excluding hydrogens is 352 g/mol. The molecule has 0 aromatic heterocycles. The molecule has 0 radical (unpaired) electrons. The van der Waals surface area contributed by atoms with Gasteiger partial charge in [-0.25, -0.2) is 0 Å². The second-order valence-corrected chi connectivity index (χ2v) is 8.28. The van der Waals surface area contributed by atoms with E-state index in [1.54, 1.807) is 18.2 Å². The molecule has 134 valence electrons. The van der Waals surface area contributed by atoms with Gasteiger partial charge in [-0.1, -0.05) is 29.8 Å². The third kappa shape index (κ3) is 2.13. The van der Waals surface area contributed by atoms with Crippen molar-refractivity contribution in [3.63, 3.8) is 0 Å². The quantitative estimate of drug-likeness (QED) is 0.657. The minimum absolute atomic E-state index is 0.176. The summed E-state index contributed by atoms with van der Waals surface area (Å²) >= 11 is 6.08. The third-order valence-corrected chi connectivity index (χ3v) is 7.01. The number of hydrogen-bond acceptors (Lipinski definition) is 3. The summed E-state index contributed by atoms with van der Waals surface area (Å²) in [5.41, 5.74) is 1.36. The number of allylic oxidation sites excluding steroid dienone is 2. The Hall–Kier alpha value is -2.14. The Kier molecular flexibility index (Phi) is 3.35. The number of anilines is 1. The average molecular weight is 371 g/mol. The number of rotatable bonds is 3. The molecule has 6 heteroatoms. The van der Waals surface area contributed by atoms with E-state index in [0.29, 0.717) is 22.5 Å². The van der Waals surface area contributed by atoms with E-state index in [2.05, 4.69) is 17.5 Å². The molecule has 1 saturated heterocycles. The van der Waals surface area contributed by atoms with Gasteiger partial charge >= 0.3 is 0 Å². The largest absolute Gasteiger partial charge is 0.324 e. The zero-order valence-corrected chi connectivity index (χ0v) is 15.1. The number of benzene rings is 1. The predicted octanol–water partition coefficient (Wildman–Crippen LogP) is 2.64. The van der Waals surface area contributed by atoms with E-state index in [4.69, 9.17) is 11.6 Å². The van der Waals surface area contributed by atoms with Crippen LogP contribution in [-0.4, -0.2) is 29.2 Å². The Morgan fingerprint density at radius 2 is 1.77 bits per heavy atom. The van der Waals surface area contributed by atoms with Gasteiger partial charge in [0.1, 0.15) is 6.54 Å². The summed E-state index contributed by atoms with van der Waals surface area (Å²) in [6.45, 7) is 1.58. The van der Waals surface area contributed by atoms with Gasteiger partial charge in [-0.3, -0.25) is 19.3 Å². The van der Waals surface area contributed by atoms with Crippen LogP contribution >= 0.6 is 11.6 Å². The lowest BCUT2D eigenvalue weighted by molar-refractivity contribution is -0.142. The molecule has 1 N–H and O–H groups in total. The van der Waals surface area contributed by atoms with Crippen molar-refractivity contribution in [2.45, 2.75) is 13.3 Å². The number of amides is 3. The highest BCUT2D eigenvalue weighted by Crippen LogP contribution is 2.65. The van der Waals surface area contributed by atoms with E-state index in [1.165, 1.54) is 4.90 Å². The first kappa shape index (κ1) is 16.1. The van der Waals surface area contributed by atoms with Crippen LogP contribution in [0.4, 0.5) is 5.69 Å². The van der Waals surface area contributed by atoms with Crippen LogP contribution in [0.2, 0.25) is 5.02 Å². The number of imide groups is 1. The molecule has 2 bridgehead atoms. The lowest BCUT2D eigenvalue weighted by atomic mass is 9.63. The lowest BCUT2D eigenvalue weighted by Gasteiger charge is -2.37. The number of likely N-dealkylation sites (tertiary alicyclic amines) is 1. The molecule has 5 aliphatic rings. The minimum atomic E-state index is -0.374. The summed E-state index contributed by atoms with van der Waals surface area (Å²) in [4.78, 5) is 39.4. The van der Waals surface area contributed by atoms with Crippen molar-refractivity contribution >= 4 is 35.0 Å². The third-order valence-electron chi connectivity index (χ3n) is 6.60. The topological polar surface area (TPSA) is 66.5 Å². The highest BCUT2D eigenvalue weighted by molar-refractivity contribution is 6.31. The Morgan fingerprint density at radius 1 is 1.15 bits per heavy atom. The van der Waals surface area contributed by atoms with Gasteiger partial charge in [0, 0.05) is 10.7 Å². The summed E-state index contributed by atoms with van der Waals surface area (Å²) in [7, 11) is 0. The van der Waals surface area contributed by atoms with Crippen molar-refractivity contribution < 1.29 is 14.4 Å². The molecule has 2 saturated carbocycles. The van der Waals surface area contributed by atoms with Crippen LogP contribution < -0.4 is 5.32 Å². The fraction of sp³-hybridized carbons (Fsp3) is 0.450. The van der Waals surface area contributed by atoms with Crippen molar-refractivity contribution in [1.82, 2.24) is 4.90 Å². The molecule has 3 fully saturated rings. The minimum Gasteiger partial charge on any atom is -0.324 e. The smallest absolute Gasteiger partial charge is 0.244 e. The Bertz CT molecular complexity index is 844. The molecule has 0 unspecified atom stereocenters. The molecular formula is C20H19ClN2O3. The first-order chi connectivity index (χ1) is 12.5. The van der Waals surface area contributed by atoms with E-state index in [-0.39, 0.29) is 47.9 Å². The predicted molar refractivity (Wildman–Crippen MR) is 96.2 cm³/mol. The van der Waals surface area contributed by atoms with Crippen LogP contribution in [0.5, 0.6) is 0 Å². The van der Waals surface area contributed by atoms with Crippen LogP contribution in [0, 0.1) is 42.4 Å². The summed E-state index contributed by atoms with van der Waals surface area (Å²) in [5.74, 6) is 0.219. The van der Waals surface area contributed by atoms with Crippen molar-refractivity contribution in [1.29, 1.82) is 0 Å². The van der Waals surface area contributed by atoms with E-state index >= 15 is 0 Å². The average Bonchev–Trinajstić information content (AvgIpc) is 3.40. The van der Waals surface area contributed by atoms with Crippen LogP contribution in [-0.2, 0) is 14.4 Å². The molecule has 0 spiro atoms. The van der Waals surface area contributed by atoms with Crippen LogP contribution in [0.25, 0.3) is 0 Å². The van der Waals surface area contributed by atoms with Crippen LogP contribution in [0.1, 0.15) is 12.0 Å². The van der Waals surface area contributed by atoms with Gasteiger partial charge in [0.2, 0.25) is 17.7 Å².